The van der Waals surface area contributed by atoms with E-state index in [0.717, 1.165) is 17.5 Å². The Labute approximate surface area is 172 Å². The number of carbonyl (C=O) groups excluding carboxylic acids is 3. The van der Waals surface area contributed by atoms with Gasteiger partial charge in [-0.25, -0.2) is 9.59 Å². The standard InChI is InChI=1S/C21H32N4O4/c1-15(2)14-29-21(28)25-9-5-8-24(10-11-25)13-19(26)23-20(27)22-18-7-6-16(3)12-17(18)4/h6-7,12,15H,5,8-11,13-14H2,1-4H3,(H2,22,23,26,27). The molecule has 0 atom stereocenters. The van der Waals surface area contributed by atoms with E-state index in [2.05, 4.69) is 10.6 Å². The number of hydrogen-bond acceptors (Lipinski definition) is 5. The maximum atomic E-state index is 12.2. The number of benzene rings is 1. The number of urea groups is 1. The lowest BCUT2D eigenvalue weighted by Crippen LogP contribution is -2.43. The second-order valence-corrected chi connectivity index (χ2v) is 7.91. The van der Waals surface area contributed by atoms with Crippen molar-refractivity contribution in [2.24, 2.45) is 5.92 Å². The van der Waals surface area contributed by atoms with Gasteiger partial charge in [0, 0.05) is 31.9 Å². The molecule has 8 nitrogen and oxygen atoms in total. The molecule has 2 rings (SSSR count). The topological polar surface area (TPSA) is 91.0 Å². The van der Waals surface area contributed by atoms with Gasteiger partial charge in [-0.3, -0.25) is 15.0 Å². The van der Waals surface area contributed by atoms with Gasteiger partial charge in [-0.15, -0.1) is 0 Å². The van der Waals surface area contributed by atoms with Crippen LogP contribution in [-0.4, -0.2) is 67.2 Å². The normalized spacial score (nSPS) is 15.0. The van der Waals surface area contributed by atoms with Crippen molar-refractivity contribution in [2.75, 3.05) is 44.6 Å². The molecule has 1 heterocycles. The Morgan fingerprint density at radius 3 is 2.55 bits per heavy atom. The number of rotatable bonds is 5. The third-order valence-electron chi connectivity index (χ3n) is 4.64. The fourth-order valence-electron chi connectivity index (χ4n) is 3.12. The van der Waals surface area contributed by atoms with E-state index in [1.54, 1.807) is 4.90 Å². The summed E-state index contributed by atoms with van der Waals surface area (Å²) in [6.45, 7) is 10.7. The lowest BCUT2D eigenvalue weighted by Gasteiger charge is -2.21. The predicted octanol–water partition coefficient (Wildman–Crippen LogP) is 2.75. The van der Waals surface area contributed by atoms with E-state index in [4.69, 9.17) is 4.74 Å². The van der Waals surface area contributed by atoms with Crippen molar-refractivity contribution in [3.63, 3.8) is 0 Å². The molecule has 0 aromatic heterocycles. The molecule has 0 unspecified atom stereocenters. The van der Waals surface area contributed by atoms with E-state index < -0.39 is 6.03 Å². The lowest BCUT2D eigenvalue weighted by atomic mass is 10.1. The summed E-state index contributed by atoms with van der Waals surface area (Å²) in [4.78, 5) is 40.1. The van der Waals surface area contributed by atoms with Crippen LogP contribution in [0.3, 0.4) is 0 Å². The first kappa shape index (κ1) is 22.7. The van der Waals surface area contributed by atoms with Crippen LogP contribution in [0.15, 0.2) is 18.2 Å². The summed E-state index contributed by atoms with van der Waals surface area (Å²) in [6, 6.07) is 5.14. The molecule has 1 aliphatic rings. The first-order valence-corrected chi connectivity index (χ1v) is 10.1. The second kappa shape index (κ2) is 10.8. The van der Waals surface area contributed by atoms with E-state index in [-0.39, 0.29) is 18.5 Å². The number of ether oxygens (including phenoxy) is 1. The van der Waals surface area contributed by atoms with E-state index in [9.17, 15) is 14.4 Å². The molecule has 0 aliphatic carbocycles. The second-order valence-electron chi connectivity index (χ2n) is 7.91. The molecule has 0 bridgehead atoms. The van der Waals surface area contributed by atoms with Crippen molar-refractivity contribution < 1.29 is 19.1 Å². The van der Waals surface area contributed by atoms with Crippen LogP contribution >= 0.6 is 0 Å². The number of hydrogen-bond donors (Lipinski definition) is 2. The van der Waals surface area contributed by atoms with Gasteiger partial charge in [0.1, 0.15) is 0 Å². The molecule has 0 spiro atoms. The highest BCUT2D eigenvalue weighted by Crippen LogP contribution is 2.15. The van der Waals surface area contributed by atoms with Crippen molar-refractivity contribution in [3.05, 3.63) is 29.3 Å². The SMILES string of the molecule is Cc1ccc(NC(=O)NC(=O)CN2CCCN(C(=O)OCC(C)C)CC2)c(C)c1. The number of anilines is 1. The number of imide groups is 1. The molecule has 1 fully saturated rings. The van der Waals surface area contributed by atoms with Crippen LogP contribution in [-0.2, 0) is 9.53 Å². The van der Waals surface area contributed by atoms with Gasteiger partial charge < -0.3 is 15.0 Å². The zero-order valence-corrected chi connectivity index (χ0v) is 17.8. The maximum absolute atomic E-state index is 12.2. The van der Waals surface area contributed by atoms with Crippen LogP contribution in [0.2, 0.25) is 0 Å². The molecule has 1 aromatic carbocycles. The summed E-state index contributed by atoms with van der Waals surface area (Å²) < 4.78 is 5.28. The molecule has 160 valence electrons. The van der Waals surface area contributed by atoms with Crippen LogP contribution in [0.1, 0.15) is 31.4 Å². The van der Waals surface area contributed by atoms with Gasteiger partial charge in [0.05, 0.1) is 13.2 Å². The summed E-state index contributed by atoms with van der Waals surface area (Å²) in [5, 5.41) is 5.07. The molecule has 8 heteroatoms. The zero-order chi connectivity index (χ0) is 21.4. The Kier molecular flexibility index (Phi) is 8.45. The van der Waals surface area contributed by atoms with E-state index >= 15 is 0 Å². The average molecular weight is 405 g/mol. The summed E-state index contributed by atoms with van der Waals surface area (Å²) >= 11 is 0. The fraction of sp³-hybridized carbons (Fsp3) is 0.571. The first-order valence-electron chi connectivity index (χ1n) is 10.1. The number of nitrogens with zero attached hydrogens (tertiary/aromatic N) is 2. The summed E-state index contributed by atoms with van der Waals surface area (Å²) in [6.07, 6.45) is 0.441. The Morgan fingerprint density at radius 2 is 1.86 bits per heavy atom. The molecule has 0 saturated carbocycles. The molecule has 0 radical (unpaired) electrons. The minimum absolute atomic E-state index is 0.106. The predicted molar refractivity (Wildman–Crippen MR) is 112 cm³/mol. The van der Waals surface area contributed by atoms with Gasteiger partial charge >= 0.3 is 12.1 Å². The minimum atomic E-state index is -0.546. The molecular weight excluding hydrogens is 372 g/mol. The van der Waals surface area contributed by atoms with Crippen molar-refractivity contribution in [3.8, 4) is 0 Å². The average Bonchev–Trinajstić information content (AvgIpc) is 2.87. The molecule has 1 aliphatic heterocycles. The molecular formula is C21H32N4O4. The summed E-state index contributed by atoms with van der Waals surface area (Å²) in [5.41, 5.74) is 2.71. The Balaban J connectivity index is 1.77. The number of nitrogens with one attached hydrogen (secondary N) is 2. The van der Waals surface area contributed by atoms with Gasteiger partial charge in [-0.1, -0.05) is 31.5 Å². The van der Waals surface area contributed by atoms with Crippen LogP contribution in [0.4, 0.5) is 15.3 Å². The Bertz CT molecular complexity index is 735. The van der Waals surface area contributed by atoms with Gasteiger partial charge in [0.2, 0.25) is 5.91 Å². The fourth-order valence-corrected chi connectivity index (χ4v) is 3.12. The van der Waals surface area contributed by atoms with Gasteiger partial charge in [0.15, 0.2) is 0 Å². The van der Waals surface area contributed by atoms with E-state index in [0.29, 0.717) is 44.4 Å². The lowest BCUT2D eigenvalue weighted by molar-refractivity contribution is -0.121. The van der Waals surface area contributed by atoms with Crippen LogP contribution in [0.25, 0.3) is 0 Å². The minimum Gasteiger partial charge on any atom is -0.449 e. The van der Waals surface area contributed by atoms with Crippen LogP contribution < -0.4 is 10.6 Å². The van der Waals surface area contributed by atoms with Crippen LogP contribution in [0, 0.1) is 19.8 Å². The Morgan fingerprint density at radius 1 is 1.10 bits per heavy atom. The van der Waals surface area contributed by atoms with Crippen molar-refractivity contribution in [1.82, 2.24) is 15.1 Å². The highest BCUT2D eigenvalue weighted by Gasteiger charge is 2.22. The van der Waals surface area contributed by atoms with Gasteiger partial charge in [0.25, 0.3) is 0 Å². The molecule has 4 amide bonds. The number of aryl methyl sites for hydroxylation is 2. The molecule has 1 aromatic rings. The molecule has 1 saturated heterocycles. The van der Waals surface area contributed by atoms with Crippen molar-refractivity contribution >= 4 is 23.7 Å². The highest BCUT2D eigenvalue weighted by atomic mass is 16.6. The van der Waals surface area contributed by atoms with Crippen molar-refractivity contribution in [2.45, 2.75) is 34.1 Å². The van der Waals surface area contributed by atoms with Gasteiger partial charge in [-0.05, 0) is 37.8 Å². The smallest absolute Gasteiger partial charge is 0.409 e. The highest BCUT2D eigenvalue weighted by molar-refractivity contribution is 6.02. The number of amides is 4. The first-order chi connectivity index (χ1) is 13.7. The molecule has 2 N–H and O–H groups in total. The Hall–Kier alpha value is -2.61. The van der Waals surface area contributed by atoms with E-state index in [1.165, 1.54) is 0 Å². The monoisotopic (exact) mass is 404 g/mol. The largest absolute Gasteiger partial charge is 0.449 e. The zero-order valence-electron chi connectivity index (χ0n) is 17.8. The summed E-state index contributed by atoms with van der Waals surface area (Å²) in [5.74, 6) is -0.0796. The number of carbonyl (C=O) groups is 3. The molecule has 29 heavy (non-hydrogen) atoms. The summed E-state index contributed by atoms with van der Waals surface area (Å²) in [7, 11) is 0. The van der Waals surface area contributed by atoms with E-state index in [1.807, 2.05) is 50.8 Å². The third-order valence-corrected chi connectivity index (χ3v) is 4.64. The van der Waals surface area contributed by atoms with Crippen LogP contribution in [0.5, 0.6) is 0 Å². The quantitative estimate of drug-likeness (QED) is 0.787. The van der Waals surface area contributed by atoms with Gasteiger partial charge in [-0.2, -0.15) is 0 Å². The third kappa shape index (κ3) is 7.73. The maximum Gasteiger partial charge on any atom is 0.409 e. The van der Waals surface area contributed by atoms with Crippen molar-refractivity contribution in [1.29, 1.82) is 0 Å².